The summed E-state index contributed by atoms with van der Waals surface area (Å²) in [5.41, 5.74) is 6.99. The maximum absolute atomic E-state index is 9.62. The van der Waals surface area contributed by atoms with E-state index in [2.05, 4.69) is 6.92 Å². The average molecular weight is 258 g/mol. The van der Waals surface area contributed by atoms with Crippen LogP contribution in [0.2, 0.25) is 5.02 Å². The summed E-state index contributed by atoms with van der Waals surface area (Å²) in [4.78, 5) is 0. The van der Waals surface area contributed by atoms with Crippen LogP contribution >= 0.6 is 11.6 Å². The van der Waals surface area contributed by atoms with Gasteiger partial charge in [-0.25, -0.2) is 0 Å². The molecular formula is C13H20ClNO2. The van der Waals surface area contributed by atoms with Crippen LogP contribution in [0.3, 0.4) is 0 Å². The third kappa shape index (κ3) is 3.79. The first-order chi connectivity index (χ1) is 8.10. The zero-order valence-electron chi connectivity index (χ0n) is 10.4. The van der Waals surface area contributed by atoms with Crippen molar-refractivity contribution >= 4 is 11.6 Å². The van der Waals surface area contributed by atoms with Crippen LogP contribution in [0, 0.1) is 0 Å². The Labute approximate surface area is 108 Å². The number of methoxy groups -OCH3 is 1. The molecule has 17 heavy (non-hydrogen) atoms. The van der Waals surface area contributed by atoms with E-state index in [9.17, 15) is 5.11 Å². The normalized spacial score (nSPS) is 12.5. The van der Waals surface area contributed by atoms with Crippen molar-refractivity contribution in [2.24, 2.45) is 5.73 Å². The van der Waals surface area contributed by atoms with Crippen molar-refractivity contribution in [3.05, 3.63) is 22.7 Å². The second-order valence-electron chi connectivity index (χ2n) is 4.16. The van der Waals surface area contributed by atoms with Crippen molar-refractivity contribution in [3.8, 4) is 11.5 Å². The molecule has 0 saturated heterocycles. The Morgan fingerprint density at radius 3 is 2.71 bits per heavy atom. The van der Waals surface area contributed by atoms with Gasteiger partial charge in [0.25, 0.3) is 0 Å². The van der Waals surface area contributed by atoms with Crippen LogP contribution < -0.4 is 10.5 Å². The largest absolute Gasteiger partial charge is 0.503 e. The summed E-state index contributed by atoms with van der Waals surface area (Å²) in [7, 11) is 1.50. The van der Waals surface area contributed by atoms with Gasteiger partial charge in [-0.2, -0.15) is 0 Å². The molecule has 4 heteroatoms. The van der Waals surface area contributed by atoms with Gasteiger partial charge in [0.05, 0.1) is 12.1 Å². The summed E-state index contributed by atoms with van der Waals surface area (Å²) < 4.78 is 5.05. The SMILES string of the molecule is CCCCC[C@H](N)c1cc(Cl)c(O)c(OC)c1. The number of halogens is 1. The summed E-state index contributed by atoms with van der Waals surface area (Å²) in [5.74, 6) is 0.345. The lowest BCUT2D eigenvalue weighted by atomic mass is 10.0. The van der Waals surface area contributed by atoms with Crippen LogP contribution in [0.25, 0.3) is 0 Å². The van der Waals surface area contributed by atoms with E-state index in [0.29, 0.717) is 5.75 Å². The van der Waals surface area contributed by atoms with Gasteiger partial charge in [-0.05, 0) is 24.1 Å². The number of nitrogens with two attached hydrogens (primary N) is 1. The maximum Gasteiger partial charge on any atom is 0.176 e. The minimum Gasteiger partial charge on any atom is -0.503 e. The van der Waals surface area contributed by atoms with E-state index in [1.165, 1.54) is 20.0 Å². The number of unbranched alkanes of at least 4 members (excludes halogenated alkanes) is 2. The molecule has 3 N–H and O–H groups in total. The highest BCUT2D eigenvalue weighted by Crippen LogP contribution is 2.36. The molecule has 0 aliphatic heterocycles. The van der Waals surface area contributed by atoms with Gasteiger partial charge in [0.15, 0.2) is 11.5 Å². The summed E-state index contributed by atoms with van der Waals surface area (Å²) in [6.45, 7) is 2.16. The van der Waals surface area contributed by atoms with Crippen molar-refractivity contribution in [1.29, 1.82) is 0 Å². The Hall–Kier alpha value is -0.930. The first-order valence-electron chi connectivity index (χ1n) is 5.92. The topological polar surface area (TPSA) is 55.5 Å². The van der Waals surface area contributed by atoms with Crippen molar-refractivity contribution < 1.29 is 9.84 Å². The average Bonchev–Trinajstić information content (AvgIpc) is 2.32. The molecule has 0 bridgehead atoms. The first-order valence-corrected chi connectivity index (χ1v) is 6.29. The minimum atomic E-state index is -0.0615. The Balaban J connectivity index is 2.79. The van der Waals surface area contributed by atoms with Gasteiger partial charge in [0.1, 0.15) is 0 Å². The Bertz CT molecular complexity index is 369. The molecule has 0 radical (unpaired) electrons. The standard InChI is InChI=1S/C13H20ClNO2/c1-3-4-5-6-11(15)9-7-10(14)13(16)12(8-9)17-2/h7-8,11,16H,3-6,15H2,1-2H3/t11-/m0/s1. The summed E-state index contributed by atoms with van der Waals surface area (Å²) in [6, 6.07) is 3.39. The van der Waals surface area contributed by atoms with E-state index in [1.54, 1.807) is 12.1 Å². The van der Waals surface area contributed by atoms with E-state index in [-0.39, 0.29) is 16.8 Å². The van der Waals surface area contributed by atoms with Gasteiger partial charge in [0, 0.05) is 6.04 Å². The van der Waals surface area contributed by atoms with E-state index in [0.717, 1.165) is 18.4 Å². The fraction of sp³-hybridized carbons (Fsp3) is 0.538. The number of phenols is 1. The third-order valence-electron chi connectivity index (χ3n) is 2.82. The van der Waals surface area contributed by atoms with E-state index in [1.807, 2.05) is 0 Å². The Kier molecular flexibility index (Phi) is 5.59. The van der Waals surface area contributed by atoms with E-state index < -0.39 is 0 Å². The highest BCUT2D eigenvalue weighted by molar-refractivity contribution is 6.32. The molecule has 0 saturated carbocycles. The van der Waals surface area contributed by atoms with Crippen LogP contribution in [-0.2, 0) is 0 Å². The van der Waals surface area contributed by atoms with Gasteiger partial charge in [-0.3, -0.25) is 0 Å². The molecule has 0 amide bonds. The zero-order valence-corrected chi connectivity index (χ0v) is 11.1. The number of rotatable bonds is 6. The zero-order chi connectivity index (χ0) is 12.8. The minimum absolute atomic E-state index is 0.0290. The number of phenolic OH excluding ortho intramolecular Hbond substituents is 1. The van der Waals surface area contributed by atoms with Crippen molar-refractivity contribution in [2.75, 3.05) is 7.11 Å². The van der Waals surface area contributed by atoms with Gasteiger partial charge < -0.3 is 15.6 Å². The molecule has 1 rings (SSSR count). The summed E-state index contributed by atoms with van der Waals surface area (Å²) in [5, 5.41) is 9.90. The molecule has 0 aromatic heterocycles. The summed E-state index contributed by atoms with van der Waals surface area (Å²) in [6.07, 6.45) is 4.36. The molecule has 0 unspecified atom stereocenters. The van der Waals surface area contributed by atoms with Crippen molar-refractivity contribution in [2.45, 2.75) is 38.6 Å². The molecule has 0 heterocycles. The molecule has 1 aromatic rings. The highest BCUT2D eigenvalue weighted by Gasteiger charge is 2.13. The smallest absolute Gasteiger partial charge is 0.176 e. The van der Waals surface area contributed by atoms with Gasteiger partial charge in [0.2, 0.25) is 0 Å². The van der Waals surface area contributed by atoms with Crippen molar-refractivity contribution in [3.63, 3.8) is 0 Å². The molecule has 0 spiro atoms. The number of hydrogen-bond donors (Lipinski definition) is 2. The van der Waals surface area contributed by atoms with Crippen LogP contribution in [0.5, 0.6) is 11.5 Å². The quantitative estimate of drug-likeness (QED) is 0.765. The van der Waals surface area contributed by atoms with E-state index in [4.69, 9.17) is 22.1 Å². The Morgan fingerprint density at radius 1 is 1.41 bits per heavy atom. The van der Waals surface area contributed by atoms with E-state index >= 15 is 0 Å². The molecule has 3 nitrogen and oxygen atoms in total. The maximum atomic E-state index is 9.62. The molecule has 1 aromatic carbocycles. The predicted molar refractivity (Wildman–Crippen MR) is 70.7 cm³/mol. The monoisotopic (exact) mass is 257 g/mol. The van der Waals surface area contributed by atoms with Gasteiger partial charge in [-0.1, -0.05) is 37.8 Å². The Morgan fingerprint density at radius 2 is 2.12 bits per heavy atom. The molecule has 0 fully saturated rings. The fourth-order valence-corrected chi connectivity index (χ4v) is 1.96. The highest BCUT2D eigenvalue weighted by atomic mass is 35.5. The lowest BCUT2D eigenvalue weighted by Crippen LogP contribution is -2.10. The van der Waals surface area contributed by atoms with Crippen LogP contribution in [0.1, 0.15) is 44.2 Å². The number of benzene rings is 1. The lowest BCUT2D eigenvalue weighted by Gasteiger charge is -2.14. The van der Waals surface area contributed by atoms with Crippen LogP contribution in [0.4, 0.5) is 0 Å². The fourth-order valence-electron chi connectivity index (χ4n) is 1.74. The summed E-state index contributed by atoms with van der Waals surface area (Å²) >= 11 is 5.92. The van der Waals surface area contributed by atoms with Crippen LogP contribution in [0.15, 0.2) is 12.1 Å². The number of ether oxygens (including phenoxy) is 1. The molecular weight excluding hydrogens is 238 g/mol. The van der Waals surface area contributed by atoms with Gasteiger partial charge in [-0.15, -0.1) is 0 Å². The number of aromatic hydroxyl groups is 1. The molecule has 0 aliphatic carbocycles. The van der Waals surface area contributed by atoms with Crippen LogP contribution in [-0.4, -0.2) is 12.2 Å². The number of hydrogen-bond acceptors (Lipinski definition) is 3. The molecule has 0 aliphatic rings. The van der Waals surface area contributed by atoms with Gasteiger partial charge >= 0.3 is 0 Å². The lowest BCUT2D eigenvalue weighted by molar-refractivity contribution is 0.372. The molecule has 96 valence electrons. The predicted octanol–water partition coefficient (Wildman–Crippen LogP) is 3.63. The third-order valence-corrected chi connectivity index (χ3v) is 3.11. The second kappa shape index (κ2) is 6.72. The van der Waals surface area contributed by atoms with Crippen molar-refractivity contribution in [1.82, 2.24) is 0 Å². The molecule has 1 atom stereocenters. The second-order valence-corrected chi connectivity index (χ2v) is 4.56. The first kappa shape index (κ1) is 14.1.